The molecule has 0 aromatic heterocycles. The van der Waals surface area contributed by atoms with E-state index in [0.717, 1.165) is 11.0 Å². The molecule has 1 aromatic carbocycles. The molecule has 0 aliphatic carbocycles. The van der Waals surface area contributed by atoms with E-state index in [1.54, 1.807) is 19.0 Å². The van der Waals surface area contributed by atoms with E-state index in [1.807, 2.05) is 0 Å². The van der Waals surface area contributed by atoms with Crippen LogP contribution in [-0.2, 0) is 6.18 Å². The molecular weight excluding hydrogens is 287 g/mol. The third-order valence-corrected chi connectivity index (χ3v) is 2.85. The van der Waals surface area contributed by atoms with Gasteiger partial charge < -0.3 is 20.2 Å². The fourth-order valence-corrected chi connectivity index (χ4v) is 1.62. The number of aliphatic hydroxyl groups excluding tert-OH is 1. The van der Waals surface area contributed by atoms with E-state index in [1.165, 1.54) is 19.2 Å². The Hall–Kier alpha value is -1.96. The van der Waals surface area contributed by atoms with Crippen molar-refractivity contribution in [3.8, 4) is 0 Å². The second-order valence-corrected chi connectivity index (χ2v) is 4.70. The Labute approximate surface area is 121 Å². The molecule has 1 rings (SSSR count). The lowest BCUT2D eigenvalue weighted by atomic mass is 10.1. The molecule has 0 saturated heterocycles. The van der Waals surface area contributed by atoms with Gasteiger partial charge in [-0.3, -0.25) is 0 Å². The van der Waals surface area contributed by atoms with Gasteiger partial charge in [-0.1, -0.05) is 0 Å². The van der Waals surface area contributed by atoms with Crippen molar-refractivity contribution in [2.45, 2.75) is 6.18 Å². The molecule has 1 aromatic rings. The molecule has 0 aliphatic rings. The Morgan fingerprint density at radius 2 is 1.90 bits per heavy atom. The van der Waals surface area contributed by atoms with Gasteiger partial charge in [0.2, 0.25) is 0 Å². The van der Waals surface area contributed by atoms with Gasteiger partial charge in [-0.25, -0.2) is 4.79 Å². The average molecular weight is 305 g/mol. The smallest absolute Gasteiger partial charge is 0.395 e. The van der Waals surface area contributed by atoms with Gasteiger partial charge >= 0.3 is 12.2 Å². The summed E-state index contributed by atoms with van der Waals surface area (Å²) < 4.78 is 39.2. The van der Waals surface area contributed by atoms with Gasteiger partial charge in [-0.05, 0) is 18.2 Å². The SMILES string of the molecule is CN(CCO)C(=O)Nc1ccc(N(C)C)cc1C(F)(F)F. The number of carbonyl (C=O) groups excluding carboxylic acids is 1. The summed E-state index contributed by atoms with van der Waals surface area (Å²) in [7, 11) is 4.64. The van der Waals surface area contributed by atoms with Gasteiger partial charge in [0.1, 0.15) is 0 Å². The summed E-state index contributed by atoms with van der Waals surface area (Å²) in [6.45, 7) is -0.238. The summed E-state index contributed by atoms with van der Waals surface area (Å²) in [5.74, 6) is 0. The molecule has 0 heterocycles. The van der Waals surface area contributed by atoms with Crippen molar-refractivity contribution in [1.29, 1.82) is 0 Å². The Morgan fingerprint density at radius 1 is 1.29 bits per heavy atom. The number of likely N-dealkylation sites (N-methyl/N-ethyl adjacent to an activating group) is 1. The van der Waals surface area contributed by atoms with Crippen LogP contribution in [0.3, 0.4) is 0 Å². The number of urea groups is 1. The van der Waals surface area contributed by atoms with Gasteiger partial charge in [-0.2, -0.15) is 13.2 Å². The minimum Gasteiger partial charge on any atom is -0.395 e. The fourth-order valence-electron chi connectivity index (χ4n) is 1.62. The number of amides is 2. The molecule has 0 bridgehead atoms. The topological polar surface area (TPSA) is 55.8 Å². The molecule has 0 aliphatic heterocycles. The van der Waals surface area contributed by atoms with E-state index in [0.29, 0.717) is 5.69 Å². The second-order valence-electron chi connectivity index (χ2n) is 4.70. The second kappa shape index (κ2) is 6.66. The summed E-state index contributed by atoms with van der Waals surface area (Å²) in [6.07, 6.45) is -4.58. The third kappa shape index (κ3) is 4.52. The van der Waals surface area contributed by atoms with Crippen LogP contribution in [0.25, 0.3) is 0 Å². The number of aliphatic hydroxyl groups is 1. The zero-order valence-corrected chi connectivity index (χ0v) is 12.0. The number of nitrogens with one attached hydrogen (secondary N) is 1. The highest BCUT2D eigenvalue weighted by Gasteiger charge is 2.34. The Balaban J connectivity index is 3.09. The Bertz CT molecular complexity index is 504. The molecule has 2 amide bonds. The minimum absolute atomic E-state index is 0.0307. The predicted molar refractivity (Wildman–Crippen MR) is 74.5 cm³/mol. The number of hydrogen-bond donors (Lipinski definition) is 2. The van der Waals surface area contributed by atoms with Crippen molar-refractivity contribution in [1.82, 2.24) is 4.90 Å². The summed E-state index contributed by atoms with van der Waals surface area (Å²) in [5.41, 5.74) is -0.855. The Morgan fingerprint density at radius 3 is 2.38 bits per heavy atom. The molecule has 0 unspecified atom stereocenters. The lowest BCUT2D eigenvalue weighted by Gasteiger charge is -2.21. The number of carbonyl (C=O) groups is 1. The monoisotopic (exact) mass is 305 g/mol. The van der Waals surface area contributed by atoms with Gasteiger partial charge in [0.25, 0.3) is 0 Å². The number of anilines is 2. The van der Waals surface area contributed by atoms with Crippen molar-refractivity contribution >= 4 is 17.4 Å². The van der Waals surface area contributed by atoms with Gasteiger partial charge in [0.15, 0.2) is 0 Å². The first kappa shape index (κ1) is 17.1. The first-order chi connectivity index (χ1) is 9.66. The average Bonchev–Trinajstić information content (AvgIpc) is 2.37. The normalized spacial score (nSPS) is 11.2. The molecule has 0 radical (unpaired) electrons. The molecule has 8 heteroatoms. The highest BCUT2D eigenvalue weighted by Crippen LogP contribution is 2.37. The van der Waals surface area contributed by atoms with Crippen LogP contribution < -0.4 is 10.2 Å². The van der Waals surface area contributed by atoms with Crippen LogP contribution in [0.15, 0.2) is 18.2 Å². The van der Waals surface area contributed by atoms with E-state index < -0.39 is 17.8 Å². The molecule has 5 nitrogen and oxygen atoms in total. The lowest BCUT2D eigenvalue weighted by molar-refractivity contribution is -0.136. The molecule has 118 valence electrons. The number of nitrogens with zero attached hydrogens (tertiary/aromatic N) is 2. The van der Waals surface area contributed by atoms with Crippen LogP contribution in [0.1, 0.15) is 5.56 Å². The summed E-state index contributed by atoms with van der Waals surface area (Å²) in [6, 6.07) is 2.95. The summed E-state index contributed by atoms with van der Waals surface area (Å²) >= 11 is 0. The van der Waals surface area contributed by atoms with E-state index >= 15 is 0 Å². The van der Waals surface area contributed by atoms with E-state index in [2.05, 4.69) is 5.32 Å². The van der Waals surface area contributed by atoms with Crippen molar-refractivity contribution in [2.24, 2.45) is 0 Å². The van der Waals surface area contributed by atoms with Gasteiger partial charge in [-0.15, -0.1) is 0 Å². The van der Waals surface area contributed by atoms with Gasteiger partial charge in [0, 0.05) is 33.4 Å². The minimum atomic E-state index is -4.58. The highest BCUT2D eigenvalue weighted by atomic mass is 19.4. The van der Waals surface area contributed by atoms with Crippen molar-refractivity contribution in [3.05, 3.63) is 23.8 Å². The number of benzene rings is 1. The molecule has 0 saturated carbocycles. The van der Waals surface area contributed by atoms with Crippen LogP contribution in [0.5, 0.6) is 0 Å². The lowest BCUT2D eigenvalue weighted by Crippen LogP contribution is -2.34. The molecule has 2 N–H and O–H groups in total. The number of halogens is 3. The van der Waals surface area contributed by atoms with Crippen LogP contribution >= 0.6 is 0 Å². The fraction of sp³-hybridized carbons (Fsp3) is 0.462. The maximum atomic E-state index is 13.1. The van der Waals surface area contributed by atoms with Crippen LogP contribution in [0.4, 0.5) is 29.3 Å². The van der Waals surface area contributed by atoms with E-state index in [4.69, 9.17) is 5.11 Å². The highest BCUT2D eigenvalue weighted by molar-refractivity contribution is 5.90. The molecule has 0 spiro atoms. The van der Waals surface area contributed by atoms with Crippen LogP contribution in [0, 0.1) is 0 Å². The molecule has 21 heavy (non-hydrogen) atoms. The molecule has 0 fully saturated rings. The molecular formula is C13H18F3N3O2. The maximum absolute atomic E-state index is 13.1. The quantitative estimate of drug-likeness (QED) is 0.897. The van der Waals surface area contributed by atoms with E-state index in [-0.39, 0.29) is 18.8 Å². The largest absolute Gasteiger partial charge is 0.418 e. The summed E-state index contributed by atoms with van der Waals surface area (Å²) in [4.78, 5) is 14.4. The Kier molecular flexibility index (Phi) is 5.42. The first-order valence-electron chi connectivity index (χ1n) is 6.18. The van der Waals surface area contributed by atoms with Crippen molar-refractivity contribution in [2.75, 3.05) is 44.5 Å². The number of alkyl halides is 3. The maximum Gasteiger partial charge on any atom is 0.418 e. The van der Waals surface area contributed by atoms with Crippen molar-refractivity contribution in [3.63, 3.8) is 0 Å². The zero-order valence-electron chi connectivity index (χ0n) is 12.0. The number of rotatable bonds is 4. The number of hydrogen-bond acceptors (Lipinski definition) is 3. The predicted octanol–water partition coefficient (Wildman–Crippen LogP) is 2.23. The first-order valence-corrected chi connectivity index (χ1v) is 6.18. The zero-order chi connectivity index (χ0) is 16.2. The summed E-state index contributed by atoms with van der Waals surface area (Å²) in [5, 5.41) is 10.9. The standard InChI is InChI=1S/C13H18F3N3O2/c1-18(2)9-4-5-11(10(8-9)13(14,15)16)17-12(21)19(3)6-7-20/h4-5,8,20H,6-7H2,1-3H3,(H,17,21). The third-order valence-electron chi connectivity index (χ3n) is 2.85. The van der Waals surface area contributed by atoms with Crippen LogP contribution in [-0.4, -0.2) is 50.3 Å². The van der Waals surface area contributed by atoms with E-state index in [9.17, 15) is 18.0 Å². The molecule has 0 atom stereocenters. The van der Waals surface area contributed by atoms with Crippen molar-refractivity contribution < 1.29 is 23.1 Å². The van der Waals surface area contributed by atoms with Gasteiger partial charge in [0.05, 0.1) is 17.9 Å². The van der Waals surface area contributed by atoms with Crippen LogP contribution in [0.2, 0.25) is 0 Å².